The van der Waals surface area contributed by atoms with E-state index >= 15 is 0 Å². The van der Waals surface area contributed by atoms with Crippen LogP contribution in [0.4, 0.5) is 4.79 Å². The summed E-state index contributed by atoms with van der Waals surface area (Å²) in [7, 11) is 4.03. The van der Waals surface area contributed by atoms with Crippen molar-refractivity contribution in [1.29, 1.82) is 0 Å². The first-order valence-electron chi connectivity index (χ1n) is 30.7. The Morgan fingerprint density at radius 1 is 0.310 bits per heavy atom. The van der Waals surface area contributed by atoms with Crippen LogP contribution in [0, 0.1) is 0 Å². The molecule has 10 heteroatoms. The van der Waals surface area contributed by atoms with E-state index in [2.05, 4.69) is 46.4 Å². The smallest absolute Gasteiger partial charge is 0.410 e. The van der Waals surface area contributed by atoms with Crippen LogP contribution < -0.4 is 0 Å². The Morgan fingerprint density at radius 2 is 0.620 bits per heavy atom. The van der Waals surface area contributed by atoms with Crippen molar-refractivity contribution in [2.24, 2.45) is 0 Å². The van der Waals surface area contributed by atoms with Crippen LogP contribution in [0.3, 0.4) is 0 Å². The van der Waals surface area contributed by atoms with Gasteiger partial charge in [-0.05, 0) is 130 Å². The molecule has 0 aliphatic carbocycles. The van der Waals surface area contributed by atoms with Gasteiger partial charge in [-0.25, -0.2) is 4.79 Å². The van der Waals surface area contributed by atoms with E-state index in [1.54, 1.807) is 4.90 Å². The largest absolute Gasteiger partial charge is 0.462 e. The molecule has 0 fully saturated rings. The van der Waals surface area contributed by atoms with Crippen molar-refractivity contribution in [3.63, 3.8) is 0 Å². The van der Waals surface area contributed by atoms with E-state index in [0.717, 1.165) is 186 Å². The fraction of sp³-hybridized carbons (Fsp3) is 0.934. The molecule has 420 valence electrons. The maximum Gasteiger partial charge on any atom is 0.410 e. The number of nitrogens with zero attached hydrogens (tertiary/aromatic N) is 2. The summed E-state index contributed by atoms with van der Waals surface area (Å²) >= 11 is 0. The Hall–Kier alpha value is -2.36. The minimum atomic E-state index is -0.418. The maximum absolute atomic E-state index is 13.9. The summed E-state index contributed by atoms with van der Waals surface area (Å²) in [6.07, 6.45) is 42.7. The molecular formula is C61H118N2O8. The van der Waals surface area contributed by atoms with Gasteiger partial charge in [-0.3, -0.25) is 19.3 Å². The lowest BCUT2D eigenvalue weighted by Gasteiger charge is -2.27. The van der Waals surface area contributed by atoms with Gasteiger partial charge in [0.1, 0.15) is 31.0 Å². The van der Waals surface area contributed by atoms with Crippen LogP contribution in [-0.4, -0.2) is 91.9 Å². The van der Waals surface area contributed by atoms with Gasteiger partial charge in [-0.15, -0.1) is 0 Å². The zero-order valence-corrected chi connectivity index (χ0v) is 48.3. The van der Waals surface area contributed by atoms with Crippen LogP contribution in [0.25, 0.3) is 0 Å². The van der Waals surface area contributed by atoms with Crippen molar-refractivity contribution in [2.45, 2.75) is 336 Å². The molecule has 0 saturated heterocycles. The van der Waals surface area contributed by atoms with E-state index in [0.29, 0.717) is 19.4 Å². The number of rotatable bonds is 53. The van der Waals surface area contributed by atoms with E-state index in [1.807, 2.05) is 14.1 Å². The van der Waals surface area contributed by atoms with E-state index in [-0.39, 0.29) is 48.9 Å². The molecule has 0 aromatic rings. The molecule has 0 spiro atoms. The Bertz CT molecular complexity index is 1130. The van der Waals surface area contributed by atoms with E-state index in [1.165, 1.54) is 77.0 Å². The third kappa shape index (κ3) is 44.8. The summed E-state index contributed by atoms with van der Waals surface area (Å²) in [5.74, 6) is -0.414. The van der Waals surface area contributed by atoms with Gasteiger partial charge in [-0.2, -0.15) is 0 Å². The normalized spacial score (nSPS) is 12.1. The van der Waals surface area contributed by atoms with Gasteiger partial charge >= 0.3 is 24.0 Å². The number of ether oxygens (including phenoxy) is 4. The molecule has 1 amide bonds. The van der Waals surface area contributed by atoms with Crippen molar-refractivity contribution in [1.82, 2.24) is 9.80 Å². The second-order valence-electron chi connectivity index (χ2n) is 21.6. The highest BCUT2D eigenvalue weighted by atomic mass is 16.6. The molecule has 0 aliphatic heterocycles. The van der Waals surface area contributed by atoms with Gasteiger partial charge in [0.2, 0.25) is 0 Å². The fourth-order valence-corrected chi connectivity index (χ4v) is 9.59. The van der Waals surface area contributed by atoms with Crippen LogP contribution in [-0.2, 0) is 33.3 Å². The number of hydrogen-bond donors (Lipinski definition) is 0. The first kappa shape index (κ1) is 68.6. The van der Waals surface area contributed by atoms with Crippen molar-refractivity contribution in [2.75, 3.05) is 33.7 Å². The monoisotopic (exact) mass is 1010 g/mol. The van der Waals surface area contributed by atoms with Crippen molar-refractivity contribution in [3.8, 4) is 0 Å². The highest BCUT2D eigenvalue weighted by molar-refractivity contribution is 5.78. The summed E-state index contributed by atoms with van der Waals surface area (Å²) in [4.78, 5) is 56.6. The number of unbranched alkanes of at least 4 members (excludes halogenated alkanes) is 23. The van der Waals surface area contributed by atoms with Gasteiger partial charge in [0, 0.05) is 19.4 Å². The number of amides is 1. The zero-order valence-electron chi connectivity index (χ0n) is 48.3. The Balaban J connectivity index is 5.30. The minimum Gasteiger partial charge on any atom is -0.462 e. The number of carbonyl (C=O) groups is 4. The first-order chi connectivity index (χ1) is 34.5. The lowest BCUT2D eigenvalue weighted by molar-refractivity contribution is -0.151. The third-order valence-corrected chi connectivity index (χ3v) is 14.1. The van der Waals surface area contributed by atoms with Gasteiger partial charge < -0.3 is 23.8 Å². The quantitative estimate of drug-likeness (QED) is 0.0334. The van der Waals surface area contributed by atoms with Crippen LogP contribution in [0.2, 0.25) is 0 Å². The Kier molecular flexibility index (Phi) is 49.4. The molecule has 1 unspecified atom stereocenters. The first-order valence-corrected chi connectivity index (χ1v) is 30.7. The molecule has 0 N–H and O–H groups in total. The SMILES string of the molecule is CCCCCCC(CCCCCC)OC(=O)CCCCCCCCC(CCCCCCCCC(=O)OC(CCCCCC)CCCCCC)OC(=O)N(CCCN(C)C)CC(=O)OC(CCC)CCCC. The Labute approximate surface area is 439 Å². The minimum absolute atomic E-state index is 0.0306. The average Bonchev–Trinajstić information content (AvgIpc) is 3.34. The molecule has 71 heavy (non-hydrogen) atoms. The van der Waals surface area contributed by atoms with Gasteiger partial charge in [-0.1, -0.05) is 189 Å². The summed E-state index contributed by atoms with van der Waals surface area (Å²) in [5.41, 5.74) is 0. The maximum atomic E-state index is 13.9. The summed E-state index contributed by atoms with van der Waals surface area (Å²) < 4.78 is 24.3. The topological polar surface area (TPSA) is 112 Å². The fourth-order valence-electron chi connectivity index (χ4n) is 9.59. The molecule has 0 radical (unpaired) electrons. The molecule has 0 heterocycles. The number of hydrogen-bond acceptors (Lipinski definition) is 9. The summed E-state index contributed by atoms with van der Waals surface area (Å²) in [5, 5.41) is 0. The molecule has 10 nitrogen and oxygen atoms in total. The number of carbonyl (C=O) groups excluding carboxylic acids is 4. The van der Waals surface area contributed by atoms with Crippen LogP contribution in [0.15, 0.2) is 0 Å². The van der Waals surface area contributed by atoms with E-state index in [9.17, 15) is 19.2 Å². The summed E-state index contributed by atoms with van der Waals surface area (Å²) in [6, 6.07) is 0. The zero-order chi connectivity index (χ0) is 52.4. The molecular weight excluding hydrogens is 889 g/mol. The molecule has 0 aromatic heterocycles. The molecule has 1 atom stereocenters. The molecule has 0 saturated carbocycles. The van der Waals surface area contributed by atoms with Gasteiger partial charge in [0.25, 0.3) is 0 Å². The standard InChI is InChI=1S/C61H118N2O8/c1-9-15-20-32-43-55(44-33-21-16-10-2)68-58(64)49-38-30-26-24-28-36-47-57(71-61(67)63(52-40-51-62(7)8)53-60(66)70-54(41-14-6)42-19-13-5)48-37-29-25-27-31-39-50-59(65)69-56(45-34-22-17-11-3)46-35-23-18-12-4/h54-57H,9-53H2,1-8H3. The van der Waals surface area contributed by atoms with Crippen LogP contribution in [0.5, 0.6) is 0 Å². The molecule has 0 rings (SSSR count). The molecule has 0 aliphatic rings. The highest BCUT2D eigenvalue weighted by Gasteiger charge is 2.25. The molecule has 0 bridgehead atoms. The van der Waals surface area contributed by atoms with Crippen LogP contribution >= 0.6 is 0 Å². The predicted octanol–water partition coefficient (Wildman–Crippen LogP) is 17.6. The predicted molar refractivity (Wildman–Crippen MR) is 298 cm³/mol. The second-order valence-corrected chi connectivity index (χ2v) is 21.6. The van der Waals surface area contributed by atoms with Gasteiger partial charge in [0.05, 0.1) is 0 Å². The summed E-state index contributed by atoms with van der Waals surface area (Å²) in [6.45, 7) is 14.3. The van der Waals surface area contributed by atoms with Crippen LogP contribution in [0.1, 0.15) is 311 Å². The Morgan fingerprint density at radius 3 is 0.986 bits per heavy atom. The van der Waals surface area contributed by atoms with Crippen molar-refractivity contribution >= 4 is 24.0 Å². The second kappa shape index (κ2) is 51.1. The number of esters is 3. The lowest BCUT2D eigenvalue weighted by atomic mass is 10.0. The molecule has 0 aromatic carbocycles. The van der Waals surface area contributed by atoms with Gasteiger partial charge in [0.15, 0.2) is 0 Å². The third-order valence-electron chi connectivity index (χ3n) is 14.1. The van der Waals surface area contributed by atoms with Crippen molar-refractivity contribution in [3.05, 3.63) is 0 Å². The lowest BCUT2D eigenvalue weighted by Crippen LogP contribution is -2.40. The van der Waals surface area contributed by atoms with E-state index < -0.39 is 6.09 Å². The van der Waals surface area contributed by atoms with E-state index in [4.69, 9.17) is 18.9 Å². The highest BCUT2D eigenvalue weighted by Crippen LogP contribution is 2.22. The average molecular weight is 1010 g/mol. The van der Waals surface area contributed by atoms with Crippen molar-refractivity contribution < 1.29 is 38.1 Å².